The number of benzene rings is 1. The molecule has 4 aliphatic heterocycles. The van der Waals surface area contributed by atoms with Crippen molar-refractivity contribution in [1.82, 2.24) is 4.90 Å². The number of carbonyl (C=O) groups is 6. The Morgan fingerprint density at radius 1 is 0.854 bits per heavy atom. The lowest BCUT2D eigenvalue weighted by Crippen LogP contribution is -2.61. The molecule has 456 valence electrons. The van der Waals surface area contributed by atoms with Gasteiger partial charge >= 0.3 is 19.1 Å². The molecule has 82 heavy (non-hydrogen) atoms. The molecule has 5 aliphatic rings. The van der Waals surface area contributed by atoms with E-state index in [0.717, 1.165) is 17.5 Å². The fraction of sp³-hybridized carbons (Fsp3) is 0.714. The van der Waals surface area contributed by atoms with Gasteiger partial charge in [0.25, 0.3) is 11.7 Å². The third kappa shape index (κ3) is 16.9. The van der Waals surface area contributed by atoms with Crippen molar-refractivity contribution in [2.45, 2.75) is 204 Å². The maximum atomic E-state index is 14.7. The number of carbonyl (C=O) groups excluding carboxylic acids is 6. The first-order valence-corrected chi connectivity index (χ1v) is 31.0. The third-order valence-electron chi connectivity index (χ3n) is 18.2. The standard InChI is InChI=1S/C63H93BINO16/c1-38-29-42(5)55(68)57(77-12)62(9,73)44(7)31-40(3)50(67)35-53(41(4)32-45-25-27-51(54(33-45)76-11)81-60(72)61(8)36-78-64(79-37-61)46-20-14-13-15-21-46)80-59(71)49-23-16-17-28-66(49)58(70)56(69)63(74)43(6)24-26-48(82-63)34-52(75-10)39(2)19-18-22-47(65)30-38/h13-15,18-22,31,38,40-43,45,47-49,51-54,57,73-74H,16-17,23-30,32-37H2,1-12H3/b22-18?,39-19?,44-31+/t38-,40+,41+,42+,43+,45-,47?,48-,49-,51+,52-,53-,54+,57-,62-,63+/m0/s1. The Morgan fingerprint density at radius 3 is 2.21 bits per heavy atom. The highest BCUT2D eigenvalue weighted by Gasteiger charge is 2.53. The van der Waals surface area contributed by atoms with E-state index in [-0.39, 0.29) is 59.9 Å². The molecule has 1 aromatic rings. The highest BCUT2D eigenvalue weighted by Crippen LogP contribution is 2.39. The molecule has 17 nitrogen and oxygen atoms in total. The molecule has 16 atom stereocenters. The number of ether oxygens (including phenoxy) is 6. The number of cyclic esters (lactones) is 1. The van der Waals surface area contributed by atoms with Crippen LogP contribution in [0.5, 0.6) is 0 Å². The molecule has 1 aromatic carbocycles. The number of piperidine rings is 1. The van der Waals surface area contributed by atoms with Gasteiger partial charge in [0.1, 0.15) is 41.2 Å². The summed E-state index contributed by atoms with van der Waals surface area (Å²) in [5, 5.41) is 24.2. The molecule has 3 saturated heterocycles. The van der Waals surface area contributed by atoms with Crippen LogP contribution in [-0.2, 0) is 66.5 Å². The minimum atomic E-state index is -2.46. The van der Waals surface area contributed by atoms with Crippen LogP contribution in [0.3, 0.4) is 0 Å². The van der Waals surface area contributed by atoms with Crippen molar-refractivity contribution >= 4 is 70.4 Å². The van der Waals surface area contributed by atoms with Gasteiger partial charge in [-0.15, -0.1) is 0 Å². The van der Waals surface area contributed by atoms with Crippen LogP contribution in [0, 0.1) is 40.9 Å². The molecule has 19 heteroatoms. The van der Waals surface area contributed by atoms with Gasteiger partial charge < -0.3 is 52.8 Å². The number of Topliss-reactive ketones (excluding diaryl/α,β-unsaturated/α-hetero) is 3. The first kappa shape index (κ1) is 67.5. The van der Waals surface area contributed by atoms with E-state index >= 15 is 0 Å². The highest BCUT2D eigenvalue weighted by molar-refractivity contribution is 14.1. The van der Waals surface area contributed by atoms with E-state index in [1.165, 1.54) is 18.9 Å². The van der Waals surface area contributed by atoms with Gasteiger partial charge in [-0.05, 0) is 133 Å². The molecule has 0 aromatic heterocycles. The van der Waals surface area contributed by atoms with Crippen molar-refractivity contribution in [3.05, 3.63) is 65.8 Å². The van der Waals surface area contributed by atoms with Gasteiger partial charge in [-0.25, -0.2) is 4.79 Å². The molecule has 1 aliphatic carbocycles. The highest BCUT2D eigenvalue weighted by atomic mass is 127. The number of allylic oxidation sites excluding steroid dienone is 4. The van der Waals surface area contributed by atoms with Crippen LogP contribution in [0.1, 0.15) is 146 Å². The second-order valence-corrected chi connectivity index (χ2v) is 26.6. The number of methoxy groups -OCH3 is 3. The van der Waals surface area contributed by atoms with Crippen LogP contribution in [0.15, 0.2) is 65.8 Å². The molecule has 2 bridgehead atoms. The van der Waals surface area contributed by atoms with Gasteiger partial charge in [0.05, 0.1) is 18.3 Å². The van der Waals surface area contributed by atoms with Crippen molar-refractivity contribution in [3.8, 4) is 0 Å². The number of aliphatic hydroxyl groups is 2. The van der Waals surface area contributed by atoms with E-state index in [0.29, 0.717) is 69.8 Å². The summed E-state index contributed by atoms with van der Waals surface area (Å²) in [6.07, 6.45) is 9.03. The molecule has 2 N–H and O–H groups in total. The maximum Gasteiger partial charge on any atom is 0.493 e. The lowest BCUT2D eigenvalue weighted by atomic mass is 9.75. The molecule has 0 spiro atoms. The Morgan fingerprint density at radius 2 is 1.55 bits per heavy atom. The zero-order valence-electron chi connectivity index (χ0n) is 50.6. The average Bonchev–Trinajstić information content (AvgIpc) is 3.52. The molecule has 1 amide bonds. The Kier molecular flexibility index (Phi) is 24.8. The van der Waals surface area contributed by atoms with Crippen LogP contribution in [0.2, 0.25) is 0 Å². The number of nitrogens with zero attached hydrogens (tertiary/aromatic N) is 1. The number of fused-ring (bicyclic) bond motifs is 3. The molecular weight excluding hydrogens is 1160 g/mol. The summed E-state index contributed by atoms with van der Waals surface area (Å²) in [5.74, 6) is -8.73. The molecule has 1 saturated carbocycles. The van der Waals surface area contributed by atoms with E-state index in [1.807, 2.05) is 63.3 Å². The van der Waals surface area contributed by atoms with Gasteiger partial charge in [0.15, 0.2) is 5.78 Å². The van der Waals surface area contributed by atoms with Crippen LogP contribution >= 0.6 is 22.6 Å². The minimum Gasteiger partial charge on any atom is -0.460 e. The maximum absolute atomic E-state index is 14.7. The average molecular weight is 1260 g/mol. The summed E-state index contributed by atoms with van der Waals surface area (Å²) in [6, 6.07) is 8.33. The Hall–Kier alpha value is -3.67. The number of amides is 1. The van der Waals surface area contributed by atoms with Crippen LogP contribution < -0.4 is 5.46 Å². The zero-order valence-corrected chi connectivity index (χ0v) is 52.8. The number of ketones is 3. The minimum absolute atomic E-state index is 0.00296. The van der Waals surface area contributed by atoms with Crippen molar-refractivity contribution in [1.29, 1.82) is 0 Å². The lowest BCUT2D eigenvalue weighted by Gasteiger charge is -2.42. The molecular formula is C63H93BINO16. The summed E-state index contributed by atoms with van der Waals surface area (Å²) in [7, 11) is 3.97. The van der Waals surface area contributed by atoms with Gasteiger partial charge in [0, 0.05) is 75.6 Å². The molecule has 4 fully saturated rings. The summed E-state index contributed by atoms with van der Waals surface area (Å²) < 4.78 is 48.6. The smallest absolute Gasteiger partial charge is 0.460 e. The molecule has 0 radical (unpaired) electrons. The second kappa shape index (κ2) is 30.1. The molecule has 6 rings (SSSR count). The Bertz CT molecular complexity index is 2440. The number of esters is 2. The molecule has 4 heterocycles. The summed E-state index contributed by atoms with van der Waals surface area (Å²) in [6.45, 7) is 16.4. The van der Waals surface area contributed by atoms with E-state index < -0.39 is 114 Å². The van der Waals surface area contributed by atoms with E-state index in [9.17, 15) is 39.0 Å². The van der Waals surface area contributed by atoms with Gasteiger partial charge in [0.2, 0.25) is 5.79 Å². The van der Waals surface area contributed by atoms with Gasteiger partial charge in [-0.1, -0.05) is 112 Å². The van der Waals surface area contributed by atoms with Crippen LogP contribution in [-0.4, -0.2) is 156 Å². The molecule has 1 unspecified atom stereocenters. The number of hydrogen-bond donors (Lipinski definition) is 2. The first-order valence-electron chi connectivity index (χ1n) is 29.8. The monoisotopic (exact) mass is 1260 g/mol. The SMILES string of the molecule is CO[C@H]1C[C@@H]2CC[C@@H](C)[C@@](O)(O2)C(=O)C(=O)N2CCCC[C@H]2C(=O)O[C@H]([C@H](C)C[C@@H]2CC[C@@H](OC(=O)C3(C)COB(c4ccccc4)OC3)[C@H](OC)C2)CC(=O)[C@H](C)/C=C(\C)[C@](C)(O)[C@@H](OC)C(=O)[C@H](C)C[C@H](C)CC(I)C=CC=C1C. The number of halogens is 1. The van der Waals surface area contributed by atoms with Gasteiger partial charge in [-0.2, -0.15) is 0 Å². The summed E-state index contributed by atoms with van der Waals surface area (Å²) in [4.78, 5) is 87.4. The third-order valence-corrected chi connectivity index (χ3v) is 19.1. The fourth-order valence-corrected chi connectivity index (χ4v) is 13.7. The van der Waals surface area contributed by atoms with E-state index in [4.69, 9.17) is 37.7 Å². The van der Waals surface area contributed by atoms with Crippen molar-refractivity contribution in [2.24, 2.45) is 40.9 Å². The van der Waals surface area contributed by atoms with Crippen molar-refractivity contribution in [3.63, 3.8) is 0 Å². The number of rotatable bonds is 9. The predicted octanol–water partition coefficient (Wildman–Crippen LogP) is 8.21. The van der Waals surface area contributed by atoms with Crippen LogP contribution in [0.25, 0.3) is 0 Å². The fourth-order valence-electron chi connectivity index (χ4n) is 12.6. The summed E-state index contributed by atoms with van der Waals surface area (Å²) in [5.41, 5.74) is -0.716. The van der Waals surface area contributed by atoms with Crippen LogP contribution in [0.4, 0.5) is 0 Å². The Labute approximate surface area is 501 Å². The first-order chi connectivity index (χ1) is 38.8. The Balaban J connectivity index is 1.25. The largest absolute Gasteiger partial charge is 0.493 e. The lowest BCUT2D eigenvalue weighted by molar-refractivity contribution is -0.265. The van der Waals surface area contributed by atoms with Crippen molar-refractivity contribution in [2.75, 3.05) is 41.1 Å². The van der Waals surface area contributed by atoms with Crippen molar-refractivity contribution < 1.29 is 76.7 Å². The number of hydrogen-bond acceptors (Lipinski definition) is 16. The zero-order chi connectivity index (χ0) is 60.3. The van der Waals surface area contributed by atoms with E-state index in [1.54, 1.807) is 48.0 Å². The predicted molar refractivity (Wildman–Crippen MR) is 319 cm³/mol. The number of alkyl halides is 1. The topological polar surface area (TPSA) is 220 Å². The van der Waals surface area contributed by atoms with E-state index in [2.05, 4.69) is 35.6 Å². The van der Waals surface area contributed by atoms with Gasteiger partial charge in [-0.3, -0.25) is 24.0 Å². The normalized spacial score (nSPS) is 36.8. The summed E-state index contributed by atoms with van der Waals surface area (Å²) >= 11 is 2.38. The second-order valence-electron chi connectivity index (χ2n) is 25.0. The quantitative estimate of drug-likeness (QED) is 0.0594.